The van der Waals surface area contributed by atoms with Gasteiger partial charge in [0.1, 0.15) is 16.9 Å². The van der Waals surface area contributed by atoms with Crippen LogP contribution < -0.4 is 0 Å². The standard InChI is InChI=1S/C15H18FNO3S/c16-10-2-1-3-11-14(10)21-15(17-11)12(19)5-4-8-6-9(18)7-13(8)20/h1-3,8-9,12-13,18-20H,4-7H2/t8-,9-,12?,13-/m1/s1. The molecule has 1 aliphatic carbocycles. The molecule has 1 fully saturated rings. The number of rotatable bonds is 4. The summed E-state index contributed by atoms with van der Waals surface area (Å²) >= 11 is 1.17. The lowest BCUT2D eigenvalue weighted by Gasteiger charge is -2.15. The van der Waals surface area contributed by atoms with Crippen molar-refractivity contribution in [1.29, 1.82) is 0 Å². The van der Waals surface area contributed by atoms with E-state index in [1.165, 1.54) is 17.4 Å². The number of aliphatic hydroxyl groups is 3. The predicted molar refractivity (Wildman–Crippen MR) is 78.5 cm³/mol. The van der Waals surface area contributed by atoms with Crippen LogP contribution in [0.15, 0.2) is 18.2 Å². The van der Waals surface area contributed by atoms with Crippen LogP contribution in [-0.2, 0) is 0 Å². The topological polar surface area (TPSA) is 73.6 Å². The molecule has 1 aromatic heterocycles. The van der Waals surface area contributed by atoms with Gasteiger partial charge in [0.25, 0.3) is 0 Å². The highest BCUT2D eigenvalue weighted by atomic mass is 32.1. The minimum absolute atomic E-state index is 0.0146. The van der Waals surface area contributed by atoms with Gasteiger partial charge in [-0.25, -0.2) is 9.37 Å². The summed E-state index contributed by atoms with van der Waals surface area (Å²) in [6.45, 7) is 0. The van der Waals surface area contributed by atoms with E-state index in [0.717, 1.165) is 0 Å². The highest BCUT2D eigenvalue weighted by Gasteiger charge is 2.32. The molecule has 0 spiro atoms. The van der Waals surface area contributed by atoms with Crippen molar-refractivity contribution in [3.63, 3.8) is 0 Å². The maximum atomic E-state index is 13.6. The van der Waals surface area contributed by atoms with E-state index in [-0.39, 0.29) is 11.7 Å². The van der Waals surface area contributed by atoms with E-state index < -0.39 is 18.3 Å². The molecule has 4 nitrogen and oxygen atoms in total. The van der Waals surface area contributed by atoms with Crippen LogP contribution in [0, 0.1) is 11.7 Å². The molecule has 0 bridgehead atoms. The van der Waals surface area contributed by atoms with E-state index >= 15 is 0 Å². The highest BCUT2D eigenvalue weighted by molar-refractivity contribution is 7.18. The monoisotopic (exact) mass is 311 g/mol. The molecule has 0 saturated heterocycles. The summed E-state index contributed by atoms with van der Waals surface area (Å²) in [6.07, 6.45) is 0.355. The van der Waals surface area contributed by atoms with Gasteiger partial charge in [0.15, 0.2) is 0 Å². The first kappa shape index (κ1) is 14.8. The Balaban J connectivity index is 1.67. The first-order chi connectivity index (χ1) is 10.0. The zero-order valence-electron chi connectivity index (χ0n) is 11.4. The molecule has 1 unspecified atom stereocenters. The maximum absolute atomic E-state index is 13.6. The van der Waals surface area contributed by atoms with E-state index in [4.69, 9.17) is 0 Å². The number of aliphatic hydroxyl groups excluding tert-OH is 3. The Kier molecular flexibility index (Phi) is 4.21. The summed E-state index contributed by atoms with van der Waals surface area (Å²) in [5.41, 5.74) is 0.561. The van der Waals surface area contributed by atoms with Crippen molar-refractivity contribution in [1.82, 2.24) is 4.98 Å². The van der Waals surface area contributed by atoms with Crippen LogP contribution in [0.2, 0.25) is 0 Å². The van der Waals surface area contributed by atoms with Gasteiger partial charge >= 0.3 is 0 Å². The highest BCUT2D eigenvalue weighted by Crippen LogP contribution is 2.34. The maximum Gasteiger partial charge on any atom is 0.142 e. The lowest BCUT2D eigenvalue weighted by molar-refractivity contribution is 0.102. The third-order valence-corrected chi connectivity index (χ3v) is 5.29. The van der Waals surface area contributed by atoms with Crippen molar-refractivity contribution in [3.8, 4) is 0 Å². The third kappa shape index (κ3) is 3.08. The second-order valence-corrected chi connectivity index (χ2v) is 6.72. The number of hydrogen-bond acceptors (Lipinski definition) is 5. The molecule has 0 aliphatic heterocycles. The van der Waals surface area contributed by atoms with Gasteiger partial charge in [0, 0.05) is 0 Å². The van der Waals surface area contributed by atoms with Gasteiger partial charge in [-0.1, -0.05) is 6.07 Å². The molecule has 0 amide bonds. The van der Waals surface area contributed by atoms with Crippen molar-refractivity contribution < 1.29 is 19.7 Å². The Morgan fingerprint density at radius 2 is 2.14 bits per heavy atom. The Labute approximate surface area is 125 Å². The van der Waals surface area contributed by atoms with Gasteiger partial charge in [0.2, 0.25) is 0 Å². The SMILES string of the molecule is OC(CC[C@@H]1C[C@@H](O)C[C@H]1O)c1nc2cccc(F)c2s1. The number of thiazole rings is 1. The molecule has 4 atom stereocenters. The van der Waals surface area contributed by atoms with E-state index in [2.05, 4.69) is 4.98 Å². The lowest BCUT2D eigenvalue weighted by Crippen LogP contribution is -2.14. The zero-order chi connectivity index (χ0) is 15.0. The molecule has 3 rings (SSSR count). The molecule has 21 heavy (non-hydrogen) atoms. The first-order valence-corrected chi connectivity index (χ1v) is 7.95. The third-order valence-electron chi connectivity index (χ3n) is 4.11. The van der Waals surface area contributed by atoms with Crippen LogP contribution in [0.25, 0.3) is 10.2 Å². The number of hydrogen-bond donors (Lipinski definition) is 3. The quantitative estimate of drug-likeness (QED) is 0.810. The summed E-state index contributed by atoms with van der Waals surface area (Å²) in [5.74, 6) is -0.307. The Morgan fingerprint density at radius 3 is 2.81 bits per heavy atom. The summed E-state index contributed by atoms with van der Waals surface area (Å²) in [7, 11) is 0. The average molecular weight is 311 g/mol. The minimum Gasteiger partial charge on any atom is -0.393 e. The second kappa shape index (κ2) is 5.96. The number of aromatic nitrogens is 1. The van der Waals surface area contributed by atoms with Crippen LogP contribution in [-0.4, -0.2) is 32.5 Å². The molecular formula is C15H18FNO3S. The van der Waals surface area contributed by atoms with Crippen LogP contribution in [0.1, 0.15) is 36.8 Å². The molecule has 1 saturated carbocycles. The molecule has 0 radical (unpaired) electrons. The fourth-order valence-electron chi connectivity index (χ4n) is 2.95. The molecular weight excluding hydrogens is 293 g/mol. The zero-order valence-corrected chi connectivity index (χ0v) is 12.3. The van der Waals surface area contributed by atoms with E-state index in [1.807, 2.05) is 0 Å². The van der Waals surface area contributed by atoms with E-state index in [1.54, 1.807) is 12.1 Å². The summed E-state index contributed by atoms with van der Waals surface area (Å²) in [4.78, 5) is 4.27. The summed E-state index contributed by atoms with van der Waals surface area (Å²) in [5, 5.41) is 30.0. The Bertz CT molecular complexity index is 632. The first-order valence-electron chi connectivity index (χ1n) is 7.13. The number of benzene rings is 1. The normalized spacial score (nSPS) is 27.3. The van der Waals surface area contributed by atoms with Gasteiger partial charge in [0.05, 0.1) is 22.4 Å². The van der Waals surface area contributed by atoms with E-state index in [9.17, 15) is 19.7 Å². The molecule has 2 aromatic rings. The van der Waals surface area contributed by atoms with Crippen LogP contribution in [0.3, 0.4) is 0 Å². The molecule has 114 valence electrons. The molecule has 6 heteroatoms. The van der Waals surface area contributed by atoms with Gasteiger partial charge in [-0.2, -0.15) is 0 Å². The van der Waals surface area contributed by atoms with Crippen molar-refractivity contribution in [3.05, 3.63) is 29.0 Å². The number of fused-ring (bicyclic) bond motifs is 1. The Hall–Kier alpha value is -1.08. The van der Waals surface area contributed by atoms with Crippen molar-refractivity contribution in [2.24, 2.45) is 5.92 Å². The van der Waals surface area contributed by atoms with Crippen molar-refractivity contribution >= 4 is 21.6 Å². The van der Waals surface area contributed by atoms with Crippen LogP contribution in [0.5, 0.6) is 0 Å². The van der Waals surface area contributed by atoms with Crippen molar-refractivity contribution in [2.75, 3.05) is 0 Å². The van der Waals surface area contributed by atoms with Gasteiger partial charge < -0.3 is 15.3 Å². The summed E-state index contributed by atoms with van der Waals surface area (Å²) in [6, 6.07) is 4.71. The smallest absolute Gasteiger partial charge is 0.142 e. The lowest BCUT2D eigenvalue weighted by atomic mass is 9.97. The fourth-order valence-corrected chi connectivity index (χ4v) is 3.95. The number of nitrogens with zero attached hydrogens (tertiary/aromatic N) is 1. The van der Waals surface area contributed by atoms with Crippen LogP contribution >= 0.6 is 11.3 Å². The van der Waals surface area contributed by atoms with Gasteiger partial charge in [-0.15, -0.1) is 11.3 Å². The average Bonchev–Trinajstić information content (AvgIpc) is 3.00. The molecule has 1 heterocycles. The Morgan fingerprint density at radius 1 is 1.33 bits per heavy atom. The molecule has 3 N–H and O–H groups in total. The largest absolute Gasteiger partial charge is 0.393 e. The summed E-state index contributed by atoms with van der Waals surface area (Å²) < 4.78 is 14.1. The second-order valence-electron chi connectivity index (χ2n) is 5.69. The van der Waals surface area contributed by atoms with Gasteiger partial charge in [-0.3, -0.25) is 0 Å². The fraction of sp³-hybridized carbons (Fsp3) is 0.533. The molecule has 1 aliphatic rings. The minimum atomic E-state index is -0.758. The van der Waals surface area contributed by atoms with E-state index in [0.29, 0.717) is 40.9 Å². The van der Waals surface area contributed by atoms with Crippen molar-refractivity contribution in [2.45, 2.75) is 44.0 Å². The van der Waals surface area contributed by atoms with Crippen LogP contribution in [0.4, 0.5) is 4.39 Å². The predicted octanol–water partition coefficient (Wildman–Crippen LogP) is 2.38. The van der Waals surface area contributed by atoms with Gasteiger partial charge in [-0.05, 0) is 43.7 Å². The molecule has 1 aromatic carbocycles. The number of halogens is 1.